The molecule has 1 fully saturated rings. The molecule has 2 N–H and O–H groups in total. The fourth-order valence-corrected chi connectivity index (χ4v) is 3.86. The van der Waals surface area contributed by atoms with Crippen LogP contribution >= 0.6 is 0 Å². The number of carbonyl (C=O) groups is 2. The molecule has 0 aromatic heterocycles. The van der Waals surface area contributed by atoms with Crippen molar-refractivity contribution in [2.75, 3.05) is 44.4 Å². The minimum atomic E-state index is -3.71. The molecule has 1 aliphatic heterocycles. The largest absolute Gasteiger partial charge is 0.493 e. The van der Waals surface area contributed by atoms with Crippen molar-refractivity contribution in [3.8, 4) is 11.5 Å². The van der Waals surface area contributed by atoms with Gasteiger partial charge in [-0.05, 0) is 25.0 Å². The summed E-state index contributed by atoms with van der Waals surface area (Å²) >= 11 is 0. The van der Waals surface area contributed by atoms with Crippen LogP contribution in [-0.4, -0.2) is 65.2 Å². The van der Waals surface area contributed by atoms with Crippen LogP contribution in [0.25, 0.3) is 0 Å². The average Bonchev–Trinajstić information content (AvgIpc) is 2.64. The van der Waals surface area contributed by atoms with Crippen molar-refractivity contribution in [1.29, 1.82) is 0 Å². The lowest BCUT2D eigenvalue weighted by atomic mass is 9.96. The van der Waals surface area contributed by atoms with E-state index in [2.05, 4.69) is 0 Å². The van der Waals surface area contributed by atoms with Crippen LogP contribution in [0.2, 0.25) is 0 Å². The van der Waals surface area contributed by atoms with Crippen LogP contribution < -0.4 is 19.5 Å². The number of anilines is 1. The Hall–Kier alpha value is -2.49. The predicted molar refractivity (Wildman–Crippen MR) is 100 cm³/mol. The van der Waals surface area contributed by atoms with Gasteiger partial charge in [-0.2, -0.15) is 0 Å². The molecule has 0 radical (unpaired) electrons. The third kappa shape index (κ3) is 5.03. The lowest BCUT2D eigenvalue weighted by Gasteiger charge is -2.32. The molecular formula is C17H25N3O6S. The first kappa shape index (κ1) is 20.8. The van der Waals surface area contributed by atoms with Crippen LogP contribution in [0.4, 0.5) is 5.69 Å². The quantitative estimate of drug-likeness (QED) is 0.699. The molecule has 0 spiro atoms. The van der Waals surface area contributed by atoms with Gasteiger partial charge in [-0.25, -0.2) is 8.42 Å². The molecule has 1 aromatic rings. The summed E-state index contributed by atoms with van der Waals surface area (Å²) in [5.41, 5.74) is 5.60. The third-order valence-corrected chi connectivity index (χ3v) is 5.72. The number of hydrogen-bond donors (Lipinski definition) is 1. The monoisotopic (exact) mass is 399 g/mol. The summed E-state index contributed by atoms with van der Waals surface area (Å²) in [4.78, 5) is 25.4. The minimum absolute atomic E-state index is 0.245. The van der Waals surface area contributed by atoms with Gasteiger partial charge in [0.25, 0.3) is 0 Å². The molecule has 27 heavy (non-hydrogen) atoms. The number of sulfonamides is 1. The molecule has 0 aliphatic carbocycles. The Bertz CT molecular complexity index is 803. The SMILES string of the molecule is COc1ccc(N(CC(=O)N2CCC(C(N)=O)CC2)S(C)(=O)=O)cc1OC. The van der Waals surface area contributed by atoms with E-state index in [0.29, 0.717) is 43.1 Å². The summed E-state index contributed by atoms with van der Waals surface area (Å²) in [5, 5.41) is 0. The first-order chi connectivity index (χ1) is 12.7. The van der Waals surface area contributed by atoms with E-state index in [1.54, 1.807) is 17.0 Å². The number of nitrogens with zero attached hydrogens (tertiary/aromatic N) is 2. The average molecular weight is 399 g/mol. The van der Waals surface area contributed by atoms with Gasteiger partial charge >= 0.3 is 0 Å². The van der Waals surface area contributed by atoms with Crippen molar-refractivity contribution >= 4 is 27.5 Å². The smallest absolute Gasteiger partial charge is 0.243 e. The van der Waals surface area contributed by atoms with Crippen LogP contribution in [-0.2, 0) is 19.6 Å². The summed E-state index contributed by atoms with van der Waals surface area (Å²) < 4.78 is 35.9. The molecule has 2 rings (SSSR count). The Kier molecular flexibility index (Phi) is 6.53. The summed E-state index contributed by atoms with van der Waals surface area (Å²) in [6.07, 6.45) is 2.00. The van der Waals surface area contributed by atoms with Gasteiger partial charge in [0.1, 0.15) is 6.54 Å². The van der Waals surface area contributed by atoms with E-state index in [0.717, 1.165) is 10.6 Å². The normalized spacial score (nSPS) is 15.3. The molecule has 0 saturated carbocycles. The summed E-state index contributed by atoms with van der Waals surface area (Å²) in [6.45, 7) is 0.404. The molecule has 1 aliphatic rings. The number of benzene rings is 1. The summed E-state index contributed by atoms with van der Waals surface area (Å²) in [6, 6.07) is 4.64. The van der Waals surface area contributed by atoms with Crippen LogP contribution in [0.1, 0.15) is 12.8 Å². The third-order valence-electron chi connectivity index (χ3n) is 4.58. The molecule has 9 nitrogen and oxygen atoms in total. The molecule has 1 aromatic carbocycles. The zero-order valence-electron chi connectivity index (χ0n) is 15.7. The van der Waals surface area contributed by atoms with E-state index >= 15 is 0 Å². The van der Waals surface area contributed by atoms with E-state index in [1.807, 2.05) is 0 Å². The number of nitrogens with two attached hydrogens (primary N) is 1. The van der Waals surface area contributed by atoms with Gasteiger partial charge in [0.2, 0.25) is 21.8 Å². The van der Waals surface area contributed by atoms with Gasteiger partial charge in [-0.1, -0.05) is 0 Å². The Morgan fingerprint density at radius 2 is 1.78 bits per heavy atom. The van der Waals surface area contributed by atoms with E-state index in [9.17, 15) is 18.0 Å². The van der Waals surface area contributed by atoms with Crippen molar-refractivity contribution < 1.29 is 27.5 Å². The number of carbonyl (C=O) groups excluding carboxylic acids is 2. The van der Waals surface area contributed by atoms with Gasteiger partial charge in [0.15, 0.2) is 11.5 Å². The molecule has 0 bridgehead atoms. The highest BCUT2D eigenvalue weighted by atomic mass is 32.2. The number of likely N-dealkylation sites (tertiary alicyclic amines) is 1. The number of hydrogen-bond acceptors (Lipinski definition) is 6. The van der Waals surface area contributed by atoms with Crippen molar-refractivity contribution in [3.05, 3.63) is 18.2 Å². The number of amides is 2. The van der Waals surface area contributed by atoms with Crippen molar-refractivity contribution in [2.45, 2.75) is 12.8 Å². The highest BCUT2D eigenvalue weighted by Gasteiger charge is 2.29. The number of ether oxygens (including phenoxy) is 2. The van der Waals surface area contributed by atoms with Gasteiger partial charge in [0, 0.05) is 25.1 Å². The molecule has 0 unspecified atom stereocenters. The molecule has 2 amide bonds. The van der Waals surface area contributed by atoms with E-state index < -0.39 is 10.0 Å². The molecule has 0 atom stereocenters. The second-order valence-electron chi connectivity index (χ2n) is 6.37. The van der Waals surface area contributed by atoms with E-state index in [4.69, 9.17) is 15.2 Å². The fraction of sp³-hybridized carbons (Fsp3) is 0.529. The first-order valence-corrected chi connectivity index (χ1v) is 10.3. The Labute approximate surface area is 159 Å². The standard InChI is InChI=1S/C17H25N3O6S/c1-25-14-5-4-13(10-15(14)26-2)20(27(3,23)24)11-16(21)19-8-6-12(7-9-19)17(18)22/h4-5,10,12H,6-9,11H2,1-3H3,(H2,18,22). The Morgan fingerprint density at radius 1 is 1.19 bits per heavy atom. The predicted octanol–water partition coefficient (Wildman–Crippen LogP) is 0.194. The van der Waals surface area contributed by atoms with Crippen LogP contribution in [0.15, 0.2) is 18.2 Å². The van der Waals surface area contributed by atoms with Gasteiger partial charge in [0.05, 0.1) is 26.2 Å². The molecule has 1 saturated heterocycles. The number of primary amides is 1. The van der Waals surface area contributed by atoms with Crippen molar-refractivity contribution in [3.63, 3.8) is 0 Å². The second kappa shape index (κ2) is 8.47. The summed E-state index contributed by atoms with van der Waals surface area (Å²) in [7, 11) is -0.783. The topological polar surface area (TPSA) is 119 Å². The zero-order chi connectivity index (χ0) is 20.2. The molecular weight excluding hydrogens is 374 g/mol. The van der Waals surface area contributed by atoms with Crippen LogP contribution in [0.3, 0.4) is 0 Å². The van der Waals surface area contributed by atoms with Crippen LogP contribution in [0, 0.1) is 5.92 Å². The van der Waals surface area contributed by atoms with Crippen molar-refractivity contribution in [2.24, 2.45) is 11.7 Å². The van der Waals surface area contributed by atoms with Gasteiger partial charge in [-0.15, -0.1) is 0 Å². The summed E-state index contributed by atoms with van der Waals surface area (Å²) in [5.74, 6) is -0.137. The maximum Gasteiger partial charge on any atom is 0.243 e. The minimum Gasteiger partial charge on any atom is -0.493 e. The number of rotatable bonds is 7. The fourth-order valence-electron chi connectivity index (χ4n) is 3.02. The molecule has 10 heteroatoms. The zero-order valence-corrected chi connectivity index (χ0v) is 16.5. The molecule has 1 heterocycles. The Balaban J connectivity index is 2.19. The van der Waals surface area contributed by atoms with Gasteiger partial charge < -0.3 is 20.1 Å². The number of piperidine rings is 1. The lowest BCUT2D eigenvalue weighted by molar-refractivity contribution is -0.133. The van der Waals surface area contributed by atoms with Crippen LogP contribution in [0.5, 0.6) is 11.5 Å². The van der Waals surface area contributed by atoms with Gasteiger partial charge in [-0.3, -0.25) is 13.9 Å². The Morgan fingerprint density at radius 3 is 2.26 bits per heavy atom. The highest BCUT2D eigenvalue weighted by Crippen LogP contribution is 2.32. The van der Waals surface area contributed by atoms with Crippen molar-refractivity contribution in [1.82, 2.24) is 4.90 Å². The maximum atomic E-state index is 12.6. The highest BCUT2D eigenvalue weighted by molar-refractivity contribution is 7.92. The van der Waals surface area contributed by atoms with E-state index in [1.165, 1.54) is 20.3 Å². The maximum absolute atomic E-state index is 12.6. The van der Waals surface area contributed by atoms with E-state index in [-0.39, 0.29) is 24.3 Å². The first-order valence-electron chi connectivity index (χ1n) is 8.44. The molecule has 150 valence electrons. The lowest BCUT2D eigenvalue weighted by Crippen LogP contribution is -2.47. The number of methoxy groups -OCH3 is 2. The second-order valence-corrected chi connectivity index (χ2v) is 8.27.